The van der Waals surface area contributed by atoms with Gasteiger partial charge >= 0.3 is 37.7 Å². The van der Waals surface area contributed by atoms with Gasteiger partial charge in [-0.1, -0.05) is 26.7 Å². The molecule has 0 aromatic carbocycles. The van der Waals surface area contributed by atoms with Crippen molar-refractivity contribution in [1.82, 2.24) is 0 Å². The van der Waals surface area contributed by atoms with Gasteiger partial charge in [0.15, 0.2) is 0 Å². The van der Waals surface area contributed by atoms with Gasteiger partial charge in [0.05, 0.1) is 0 Å². The van der Waals surface area contributed by atoms with Gasteiger partial charge in [-0.25, -0.2) is 8.78 Å². The minimum absolute atomic E-state index is 0. The van der Waals surface area contributed by atoms with Gasteiger partial charge < -0.3 is 19.8 Å². The average molecular weight is 306 g/mol. The maximum Gasteiger partial charge on any atom is 2.00 e. The molecule has 0 heterocycles. The molecule has 0 amide bonds. The summed E-state index contributed by atoms with van der Waals surface area (Å²) < 4.78 is 24.5. The molecule has 0 aliphatic heterocycles. The molecule has 0 bridgehead atoms. The standard InChI is InChI=1S/2C6H11FO2.Ca/c2*1-2-3-5(7)4-6(8)9;/h2*5H,2-4H2,1H3,(H,8,9);/q;;+2/p-2. The predicted molar refractivity (Wildman–Crippen MR) is 64.6 cm³/mol. The molecule has 0 aliphatic carbocycles. The number of rotatable bonds is 8. The molecule has 0 saturated heterocycles. The van der Waals surface area contributed by atoms with E-state index in [1.807, 2.05) is 13.8 Å². The van der Waals surface area contributed by atoms with Crippen LogP contribution in [0.4, 0.5) is 8.78 Å². The van der Waals surface area contributed by atoms with Gasteiger partial charge in [0, 0.05) is 24.8 Å². The Bertz CT molecular complexity index is 216. The maximum atomic E-state index is 12.2. The summed E-state index contributed by atoms with van der Waals surface area (Å²) in [6.07, 6.45) is -1.40. The van der Waals surface area contributed by atoms with Crippen LogP contribution < -0.4 is 10.2 Å². The van der Waals surface area contributed by atoms with Crippen molar-refractivity contribution in [2.24, 2.45) is 0 Å². The Morgan fingerprint density at radius 2 is 1.16 bits per heavy atom. The van der Waals surface area contributed by atoms with Gasteiger partial charge in [-0.2, -0.15) is 0 Å². The fraction of sp³-hybridized carbons (Fsp3) is 0.833. The molecule has 0 aliphatic rings. The number of halogens is 2. The summed E-state index contributed by atoms with van der Waals surface area (Å²) in [4.78, 5) is 19.5. The second-order valence-corrected chi connectivity index (χ2v) is 3.92. The molecular formula is C12H20CaF2O4. The Hall–Kier alpha value is 0.0597. The van der Waals surface area contributed by atoms with Crippen molar-refractivity contribution in [3.05, 3.63) is 0 Å². The smallest absolute Gasteiger partial charge is 0.550 e. The van der Waals surface area contributed by atoms with E-state index >= 15 is 0 Å². The fourth-order valence-corrected chi connectivity index (χ4v) is 1.19. The molecule has 0 N–H and O–H groups in total. The van der Waals surface area contributed by atoms with Crippen LogP contribution in [0.1, 0.15) is 52.4 Å². The zero-order valence-corrected chi connectivity index (χ0v) is 13.7. The van der Waals surface area contributed by atoms with E-state index in [1.165, 1.54) is 0 Å². The first-order valence-electron chi connectivity index (χ1n) is 6.01. The molecule has 2 unspecified atom stereocenters. The van der Waals surface area contributed by atoms with E-state index in [1.54, 1.807) is 0 Å². The van der Waals surface area contributed by atoms with Crippen LogP contribution in [0.5, 0.6) is 0 Å². The summed E-state index contributed by atoms with van der Waals surface area (Å²) >= 11 is 0. The van der Waals surface area contributed by atoms with Crippen LogP contribution in [-0.2, 0) is 9.59 Å². The van der Waals surface area contributed by atoms with Crippen LogP contribution in [0.15, 0.2) is 0 Å². The van der Waals surface area contributed by atoms with Crippen LogP contribution in [0.2, 0.25) is 0 Å². The average Bonchev–Trinajstić information content (AvgIpc) is 2.16. The number of aliphatic carboxylic acids is 2. The Morgan fingerprint density at radius 3 is 1.32 bits per heavy atom. The number of hydrogen-bond acceptors (Lipinski definition) is 4. The molecule has 108 valence electrons. The quantitative estimate of drug-likeness (QED) is 0.598. The topological polar surface area (TPSA) is 80.3 Å². The van der Waals surface area contributed by atoms with E-state index in [0.717, 1.165) is 0 Å². The van der Waals surface area contributed by atoms with Crippen molar-refractivity contribution in [2.75, 3.05) is 0 Å². The van der Waals surface area contributed by atoms with Crippen molar-refractivity contribution in [3.8, 4) is 0 Å². The third-order valence-electron chi connectivity index (χ3n) is 1.98. The SMILES string of the molecule is CCCC(F)CC(=O)[O-].CCCC(F)CC(=O)[O-].[Ca+2]. The number of hydrogen-bond donors (Lipinski definition) is 0. The third-order valence-corrected chi connectivity index (χ3v) is 1.98. The summed E-state index contributed by atoms with van der Waals surface area (Å²) in [7, 11) is 0. The molecule has 0 aromatic heterocycles. The monoisotopic (exact) mass is 306 g/mol. The summed E-state index contributed by atoms with van der Waals surface area (Å²) in [6, 6.07) is 0. The van der Waals surface area contributed by atoms with Crippen LogP contribution in [-0.4, -0.2) is 62.0 Å². The van der Waals surface area contributed by atoms with Crippen molar-refractivity contribution in [1.29, 1.82) is 0 Å². The largest absolute Gasteiger partial charge is 2.00 e. The van der Waals surface area contributed by atoms with Crippen LogP contribution in [0.3, 0.4) is 0 Å². The molecule has 0 spiro atoms. The van der Waals surface area contributed by atoms with Gasteiger partial charge in [0.25, 0.3) is 0 Å². The van der Waals surface area contributed by atoms with Gasteiger partial charge in [-0.15, -0.1) is 0 Å². The Morgan fingerprint density at radius 1 is 0.895 bits per heavy atom. The molecule has 0 fully saturated rings. The molecule has 0 saturated carbocycles. The first-order chi connectivity index (χ1) is 8.33. The molecule has 2 atom stereocenters. The second kappa shape index (κ2) is 16.1. The number of carbonyl (C=O) groups is 2. The zero-order chi connectivity index (χ0) is 14.6. The van der Waals surface area contributed by atoms with Gasteiger partial charge in [-0.3, -0.25) is 0 Å². The van der Waals surface area contributed by atoms with E-state index in [-0.39, 0.29) is 37.7 Å². The Kier molecular flexibility index (Phi) is 20.4. The number of carboxylic acids is 2. The summed E-state index contributed by atoms with van der Waals surface area (Å²) in [5, 5.41) is 19.5. The summed E-state index contributed by atoms with van der Waals surface area (Å²) in [5.74, 6) is -2.62. The minimum Gasteiger partial charge on any atom is -0.550 e. The van der Waals surface area contributed by atoms with Gasteiger partial charge in [-0.05, 0) is 12.8 Å². The molecular weight excluding hydrogens is 286 g/mol. The van der Waals surface area contributed by atoms with Gasteiger partial charge in [0.1, 0.15) is 12.3 Å². The molecule has 0 radical (unpaired) electrons. The minimum atomic E-state index is -1.31. The van der Waals surface area contributed by atoms with E-state index in [4.69, 9.17) is 0 Å². The van der Waals surface area contributed by atoms with Crippen molar-refractivity contribution >= 4 is 49.7 Å². The molecule has 4 nitrogen and oxygen atoms in total. The first-order valence-corrected chi connectivity index (χ1v) is 6.01. The second-order valence-electron chi connectivity index (χ2n) is 3.92. The van der Waals surface area contributed by atoms with Gasteiger partial charge in [0.2, 0.25) is 0 Å². The maximum absolute atomic E-state index is 12.2. The van der Waals surface area contributed by atoms with Crippen molar-refractivity contribution in [3.63, 3.8) is 0 Å². The predicted octanol–water partition coefficient (Wildman–Crippen LogP) is 0.148. The molecule has 0 rings (SSSR count). The van der Waals surface area contributed by atoms with Crippen LogP contribution in [0, 0.1) is 0 Å². The Balaban J connectivity index is -0.000000256. The van der Waals surface area contributed by atoms with Crippen LogP contribution >= 0.6 is 0 Å². The first kappa shape index (κ1) is 24.1. The molecule has 0 aromatic rings. The molecule has 7 heteroatoms. The van der Waals surface area contributed by atoms with Crippen LogP contribution in [0.25, 0.3) is 0 Å². The number of alkyl halides is 2. The number of carboxylic acid groups (broad SMARTS) is 2. The number of carbonyl (C=O) groups excluding carboxylic acids is 2. The van der Waals surface area contributed by atoms with E-state index < -0.39 is 37.1 Å². The Labute approximate surface area is 142 Å². The zero-order valence-electron chi connectivity index (χ0n) is 11.5. The summed E-state index contributed by atoms with van der Waals surface area (Å²) in [6.45, 7) is 3.61. The van der Waals surface area contributed by atoms with E-state index in [9.17, 15) is 28.6 Å². The normalized spacial score (nSPS) is 12.4. The fourth-order valence-electron chi connectivity index (χ4n) is 1.19. The van der Waals surface area contributed by atoms with Crippen molar-refractivity contribution in [2.45, 2.75) is 64.7 Å². The van der Waals surface area contributed by atoms with E-state index in [2.05, 4.69) is 0 Å². The van der Waals surface area contributed by atoms with Crippen molar-refractivity contribution < 1.29 is 28.6 Å². The molecule has 19 heavy (non-hydrogen) atoms. The third kappa shape index (κ3) is 23.6. The van der Waals surface area contributed by atoms with E-state index in [0.29, 0.717) is 25.7 Å². The summed E-state index contributed by atoms with van der Waals surface area (Å²) in [5.41, 5.74) is 0.